The van der Waals surface area contributed by atoms with Crippen molar-refractivity contribution in [1.29, 1.82) is 0 Å². The molecule has 0 unspecified atom stereocenters. The van der Waals surface area contributed by atoms with E-state index in [0.29, 0.717) is 24.5 Å². The number of aromatic nitrogens is 1. The molecule has 1 fully saturated rings. The molecular formula is C14H21N5O2. The molecule has 0 atom stereocenters. The maximum absolute atomic E-state index is 12.1. The number of anilines is 1. The van der Waals surface area contributed by atoms with Gasteiger partial charge >= 0.3 is 0 Å². The lowest BCUT2D eigenvalue weighted by molar-refractivity contribution is -0.129. The maximum Gasteiger partial charge on any atom is 0.252 e. The molecule has 2 amide bonds. The van der Waals surface area contributed by atoms with Crippen molar-refractivity contribution in [2.24, 2.45) is 5.73 Å². The second-order valence-corrected chi connectivity index (χ2v) is 5.15. The number of carbonyl (C=O) groups excluding carboxylic acids is 2. The van der Waals surface area contributed by atoms with Gasteiger partial charge in [0.2, 0.25) is 5.91 Å². The number of hydrogen-bond donors (Lipinski definition) is 3. The van der Waals surface area contributed by atoms with Crippen LogP contribution in [0, 0.1) is 13.8 Å². The highest BCUT2D eigenvalue weighted by Gasteiger charge is 2.18. The maximum atomic E-state index is 12.1. The number of primary amides is 1. The minimum atomic E-state index is -0.544. The molecule has 0 bridgehead atoms. The molecule has 7 heteroatoms. The van der Waals surface area contributed by atoms with Crippen LogP contribution in [0.25, 0.3) is 0 Å². The Labute approximate surface area is 123 Å². The molecule has 2 rings (SSSR count). The van der Waals surface area contributed by atoms with Crippen LogP contribution < -0.4 is 16.4 Å². The summed E-state index contributed by atoms with van der Waals surface area (Å²) in [6, 6.07) is 1.80. The topological polar surface area (TPSA) is 100 Å². The fraction of sp³-hybridized carbons (Fsp3) is 0.500. The number of rotatable bonds is 4. The minimum Gasteiger partial charge on any atom is -0.365 e. The highest BCUT2D eigenvalue weighted by atomic mass is 16.2. The first-order valence-electron chi connectivity index (χ1n) is 6.99. The number of nitrogens with one attached hydrogen (secondary N) is 2. The molecule has 4 N–H and O–H groups in total. The molecule has 0 aromatic carbocycles. The third kappa shape index (κ3) is 3.69. The predicted octanol–water partition coefficient (Wildman–Crippen LogP) is -0.359. The normalized spacial score (nSPS) is 14.9. The molecule has 114 valence electrons. The zero-order valence-electron chi connectivity index (χ0n) is 12.4. The molecule has 0 spiro atoms. The van der Waals surface area contributed by atoms with Crippen LogP contribution >= 0.6 is 0 Å². The lowest BCUT2D eigenvalue weighted by atomic mass is 10.1. The highest BCUT2D eigenvalue weighted by Crippen LogP contribution is 2.18. The fourth-order valence-electron chi connectivity index (χ4n) is 2.46. The Morgan fingerprint density at radius 2 is 2.05 bits per heavy atom. The van der Waals surface area contributed by atoms with E-state index in [0.717, 1.165) is 24.3 Å². The average molecular weight is 291 g/mol. The first kappa shape index (κ1) is 15.2. The Hall–Kier alpha value is -2.15. The third-order valence-corrected chi connectivity index (χ3v) is 3.47. The molecule has 1 aliphatic rings. The second-order valence-electron chi connectivity index (χ2n) is 5.15. The summed E-state index contributed by atoms with van der Waals surface area (Å²) in [6.45, 7) is 6.75. The molecular weight excluding hydrogens is 270 g/mol. The van der Waals surface area contributed by atoms with E-state index >= 15 is 0 Å². The Morgan fingerprint density at radius 1 is 1.38 bits per heavy atom. The Bertz CT molecular complexity index is 553. The Balaban J connectivity index is 2.08. The van der Waals surface area contributed by atoms with Crippen LogP contribution in [0.2, 0.25) is 0 Å². The smallest absolute Gasteiger partial charge is 0.252 e. The van der Waals surface area contributed by atoms with Crippen LogP contribution in [0.3, 0.4) is 0 Å². The van der Waals surface area contributed by atoms with E-state index in [1.54, 1.807) is 17.9 Å². The summed E-state index contributed by atoms with van der Waals surface area (Å²) < 4.78 is 0. The van der Waals surface area contributed by atoms with Crippen molar-refractivity contribution in [3.8, 4) is 0 Å². The summed E-state index contributed by atoms with van der Waals surface area (Å²) in [6.07, 6.45) is 0. The summed E-state index contributed by atoms with van der Waals surface area (Å²) >= 11 is 0. The molecule has 0 aliphatic carbocycles. The molecule has 1 saturated heterocycles. The van der Waals surface area contributed by atoms with Gasteiger partial charge in [0.15, 0.2) is 0 Å². The predicted molar refractivity (Wildman–Crippen MR) is 80.2 cm³/mol. The summed E-state index contributed by atoms with van der Waals surface area (Å²) in [4.78, 5) is 29.7. The van der Waals surface area contributed by atoms with Gasteiger partial charge in [0.25, 0.3) is 5.91 Å². The van der Waals surface area contributed by atoms with E-state index in [1.807, 2.05) is 6.92 Å². The SMILES string of the molecule is Cc1cc(C)c(C(N)=O)c(NCC(=O)N2CCNCC2)n1. The Morgan fingerprint density at radius 3 is 2.67 bits per heavy atom. The lowest BCUT2D eigenvalue weighted by Gasteiger charge is -2.27. The van der Waals surface area contributed by atoms with Crippen LogP contribution in [0.4, 0.5) is 5.82 Å². The van der Waals surface area contributed by atoms with Crippen molar-refractivity contribution < 1.29 is 9.59 Å². The number of nitrogens with zero attached hydrogens (tertiary/aromatic N) is 2. The number of hydrogen-bond acceptors (Lipinski definition) is 5. The van der Waals surface area contributed by atoms with E-state index in [4.69, 9.17) is 5.73 Å². The van der Waals surface area contributed by atoms with Gasteiger partial charge in [-0.3, -0.25) is 9.59 Å². The molecule has 1 aromatic heterocycles. The van der Waals surface area contributed by atoms with Gasteiger partial charge in [-0.15, -0.1) is 0 Å². The largest absolute Gasteiger partial charge is 0.365 e. The zero-order valence-corrected chi connectivity index (χ0v) is 12.4. The molecule has 1 aliphatic heterocycles. The van der Waals surface area contributed by atoms with Crippen molar-refractivity contribution >= 4 is 17.6 Å². The monoisotopic (exact) mass is 291 g/mol. The van der Waals surface area contributed by atoms with Gasteiger partial charge in [0, 0.05) is 31.9 Å². The zero-order chi connectivity index (χ0) is 15.4. The first-order valence-corrected chi connectivity index (χ1v) is 6.99. The van der Waals surface area contributed by atoms with Crippen molar-refractivity contribution in [3.05, 3.63) is 22.9 Å². The van der Waals surface area contributed by atoms with E-state index < -0.39 is 5.91 Å². The van der Waals surface area contributed by atoms with E-state index in [9.17, 15) is 9.59 Å². The molecule has 1 aromatic rings. The van der Waals surface area contributed by atoms with Crippen LogP contribution in [0.1, 0.15) is 21.6 Å². The summed E-state index contributed by atoms with van der Waals surface area (Å²) in [5.74, 6) is -0.173. The van der Waals surface area contributed by atoms with Gasteiger partial charge < -0.3 is 21.3 Å². The van der Waals surface area contributed by atoms with Crippen LogP contribution in [-0.2, 0) is 4.79 Å². The minimum absolute atomic E-state index is 0.00659. The summed E-state index contributed by atoms with van der Waals surface area (Å²) in [5.41, 5.74) is 7.26. The van der Waals surface area contributed by atoms with Gasteiger partial charge in [0.05, 0.1) is 12.1 Å². The fourth-order valence-corrected chi connectivity index (χ4v) is 2.46. The van der Waals surface area contributed by atoms with Gasteiger partial charge in [0.1, 0.15) is 5.82 Å². The first-order chi connectivity index (χ1) is 9.99. The van der Waals surface area contributed by atoms with Crippen molar-refractivity contribution in [1.82, 2.24) is 15.2 Å². The molecule has 0 radical (unpaired) electrons. The van der Waals surface area contributed by atoms with E-state index in [1.165, 1.54) is 0 Å². The van der Waals surface area contributed by atoms with Gasteiger partial charge in [-0.05, 0) is 25.5 Å². The van der Waals surface area contributed by atoms with Gasteiger partial charge in [-0.25, -0.2) is 4.98 Å². The molecule has 7 nitrogen and oxygen atoms in total. The number of nitrogens with two attached hydrogens (primary N) is 1. The van der Waals surface area contributed by atoms with Crippen LogP contribution in [0.15, 0.2) is 6.07 Å². The molecule has 21 heavy (non-hydrogen) atoms. The number of carbonyl (C=O) groups is 2. The van der Waals surface area contributed by atoms with Crippen molar-refractivity contribution in [3.63, 3.8) is 0 Å². The summed E-state index contributed by atoms with van der Waals surface area (Å²) in [5, 5.41) is 6.14. The van der Waals surface area contributed by atoms with Crippen molar-refractivity contribution in [2.75, 3.05) is 38.0 Å². The average Bonchev–Trinajstić information content (AvgIpc) is 2.44. The number of pyridine rings is 1. The standard InChI is InChI=1S/C14H21N5O2/c1-9-7-10(2)18-14(12(9)13(15)21)17-8-11(20)19-5-3-16-4-6-19/h7,16H,3-6,8H2,1-2H3,(H2,15,21)(H,17,18). The third-order valence-electron chi connectivity index (χ3n) is 3.47. The van der Waals surface area contributed by atoms with Crippen molar-refractivity contribution in [2.45, 2.75) is 13.8 Å². The van der Waals surface area contributed by atoms with E-state index in [-0.39, 0.29) is 12.5 Å². The molecule has 0 saturated carbocycles. The quantitative estimate of drug-likeness (QED) is 0.703. The Kier molecular flexibility index (Phi) is 4.74. The molecule has 2 heterocycles. The van der Waals surface area contributed by atoms with Gasteiger partial charge in [-0.1, -0.05) is 0 Å². The number of piperazine rings is 1. The highest BCUT2D eigenvalue weighted by molar-refractivity contribution is 5.99. The van der Waals surface area contributed by atoms with Crippen LogP contribution in [-0.4, -0.2) is 54.4 Å². The lowest BCUT2D eigenvalue weighted by Crippen LogP contribution is -2.48. The number of amides is 2. The number of aryl methyl sites for hydroxylation is 2. The second kappa shape index (κ2) is 6.53. The van der Waals surface area contributed by atoms with E-state index in [2.05, 4.69) is 15.6 Å². The summed E-state index contributed by atoms with van der Waals surface area (Å²) in [7, 11) is 0. The van der Waals surface area contributed by atoms with Gasteiger partial charge in [-0.2, -0.15) is 0 Å². The van der Waals surface area contributed by atoms with Crippen LogP contribution in [0.5, 0.6) is 0 Å².